The Labute approximate surface area is 161 Å². The van der Waals surface area contributed by atoms with Gasteiger partial charge in [0.15, 0.2) is 0 Å². The van der Waals surface area contributed by atoms with Gasteiger partial charge < -0.3 is 5.32 Å². The molecule has 2 aromatic carbocycles. The molecule has 0 saturated carbocycles. The zero-order chi connectivity index (χ0) is 19.5. The molecule has 2 N–H and O–H groups in total. The number of anilines is 1. The van der Waals surface area contributed by atoms with Crippen LogP contribution in [0.25, 0.3) is 0 Å². The minimum absolute atomic E-state index is 0.00886. The highest BCUT2D eigenvalue weighted by Gasteiger charge is 2.23. The van der Waals surface area contributed by atoms with Crippen molar-refractivity contribution in [3.63, 3.8) is 0 Å². The van der Waals surface area contributed by atoms with Crippen LogP contribution < -0.4 is 10.0 Å². The van der Waals surface area contributed by atoms with E-state index in [2.05, 4.69) is 10.0 Å². The maximum Gasteiger partial charge on any atom is 0.257 e. The predicted molar refractivity (Wildman–Crippen MR) is 101 cm³/mol. The van der Waals surface area contributed by atoms with Gasteiger partial charge in [-0.1, -0.05) is 35.3 Å². The number of benzene rings is 2. The van der Waals surface area contributed by atoms with Crippen LogP contribution in [-0.2, 0) is 10.0 Å². The van der Waals surface area contributed by atoms with Gasteiger partial charge in [-0.05, 0) is 38.1 Å². The van der Waals surface area contributed by atoms with E-state index in [4.69, 9.17) is 28.5 Å². The molecular weight excluding hydrogens is 397 g/mol. The standard InChI is InChI=1S/C17H15Cl2N3O3S/c1-10(2)22-26(24,25)16-7-12(13(18)8-14(16)19)17(23)21-15-6-4-3-5-11(15)9-20/h3-8,10,22H,1-2H3,(H,21,23). The molecule has 0 radical (unpaired) electrons. The van der Waals surface area contributed by atoms with Gasteiger partial charge in [-0.2, -0.15) is 5.26 Å². The highest BCUT2D eigenvalue weighted by atomic mass is 35.5. The molecule has 0 aliphatic rings. The van der Waals surface area contributed by atoms with Gasteiger partial charge in [0.1, 0.15) is 11.0 Å². The van der Waals surface area contributed by atoms with Gasteiger partial charge in [0, 0.05) is 6.04 Å². The van der Waals surface area contributed by atoms with Crippen LogP contribution in [0.5, 0.6) is 0 Å². The number of nitriles is 1. The first kappa shape index (κ1) is 20.2. The van der Waals surface area contributed by atoms with E-state index in [1.165, 1.54) is 6.07 Å². The third-order valence-corrected chi connectivity index (χ3v) is 5.68. The van der Waals surface area contributed by atoms with E-state index in [1.54, 1.807) is 38.1 Å². The van der Waals surface area contributed by atoms with Crippen LogP contribution in [-0.4, -0.2) is 20.4 Å². The first-order valence-electron chi connectivity index (χ1n) is 7.47. The molecule has 26 heavy (non-hydrogen) atoms. The molecule has 6 nitrogen and oxygen atoms in total. The summed E-state index contributed by atoms with van der Waals surface area (Å²) in [4.78, 5) is 12.3. The van der Waals surface area contributed by atoms with Crippen LogP contribution in [0.2, 0.25) is 10.0 Å². The number of sulfonamides is 1. The second-order valence-electron chi connectivity index (χ2n) is 5.65. The van der Waals surface area contributed by atoms with Gasteiger partial charge in [-0.25, -0.2) is 13.1 Å². The Morgan fingerprint density at radius 2 is 1.81 bits per heavy atom. The van der Waals surface area contributed by atoms with Crippen LogP contribution in [0, 0.1) is 11.3 Å². The molecule has 2 rings (SSSR count). The minimum Gasteiger partial charge on any atom is -0.321 e. The first-order chi connectivity index (χ1) is 12.2. The molecule has 2 aromatic rings. The SMILES string of the molecule is CC(C)NS(=O)(=O)c1cc(C(=O)Nc2ccccc2C#N)c(Cl)cc1Cl. The molecule has 0 aliphatic carbocycles. The number of amides is 1. The summed E-state index contributed by atoms with van der Waals surface area (Å²) in [5.74, 6) is -0.657. The van der Waals surface area contributed by atoms with Crippen molar-refractivity contribution in [2.75, 3.05) is 5.32 Å². The van der Waals surface area contributed by atoms with E-state index in [9.17, 15) is 13.2 Å². The molecule has 0 heterocycles. The maximum absolute atomic E-state index is 12.6. The van der Waals surface area contributed by atoms with E-state index in [0.717, 1.165) is 6.07 Å². The van der Waals surface area contributed by atoms with Gasteiger partial charge in [-0.3, -0.25) is 4.79 Å². The average molecular weight is 412 g/mol. The molecule has 9 heteroatoms. The molecule has 0 saturated heterocycles. The van der Waals surface area contributed by atoms with Crippen molar-refractivity contribution < 1.29 is 13.2 Å². The summed E-state index contributed by atoms with van der Waals surface area (Å²) in [5.41, 5.74) is 0.476. The maximum atomic E-state index is 12.6. The fourth-order valence-electron chi connectivity index (χ4n) is 2.16. The molecule has 0 aromatic heterocycles. The van der Waals surface area contributed by atoms with E-state index in [-0.39, 0.29) is 37.8 Å². The van der Waals surface area contributed by atoms with Crippen LogP contribution >= 0.6 is 23.2 Å². The van der Waals surface area contributed by atoms with Crippen LogP contribution in [0.4, 0.5) is 5.69 Å². The van der Waals surface area contributed by atoms with E-state index >= 15 is 0 Å². The summed E-state index contributed by atoms with van der Waals surface area (Å²) in [5, 5.41) is 11.5. The third kappa shape index (κ3) is 4.54. The van der Waals surface area contributed by atoms with Gasteiger partial charge in [0.05, 0.1) is 26.9 Å². The van der Waals surface area contributed by atoms with Crippen LogP contribution in [0.15, 0.2) is 41.3 Å². The molecule has 0 unspecified atom stereocenters. The molecule has 136 valence electrons. The Morgan fingerprint density at radius 3 is 2.42 bits per heavy atom. The molecule has 0 atom stereocenters. The molecule has 1 amide bonds. The second kappa shape index (κ2) is 8.06. The number of para-hydroxylation sites is 1. The molecule has 0 bridgehead atoms. The topological polar surface area (TPSA) is 99.1 Å². The molecular formula is C17H15Cl2N3O3S. The summed E-state index contributed by atoms with van der Waals surface area (Å²) < 4.78 is 27.2. The van der Waals surface area contributed by atoms with Crippen molar-refractivity contribution in [3.8, 4) is 6.07 Å². The molecule has 0 spiro atoms. The van der Waals surface area contributed by atoms with E-state index in [0.29, 0.717) is 0 Å². The van der Waals surface area contributed by atoms with Gasteiger partial charge >= 0.3 is 0 Å². The van der Waals surface area contributed by atoms with Crippen molar-refractivity contribution in [2.45, 2.75) is 24.8 Å². The number of nitrogens with zero attached hydrogens (tertiary/aromatic N) is 1. The van der Waals surface area contributed by atoms with Gasteiger partial charge in [-0.15, -0.1) is 0 Å². The van der Waals surface area contributed by atoms with Crippen LogP contribution in [0.3, 0.4) is 0 Å². The number of carbonyl (C=O) groups excluding carboxylic acids is 1. The predicted octanol–water partition coefficient (Wildman–Crippen LogP) is 3.80. The number of hydrogen-bond acceptors (Lipinski definition) is 4. The lowest BCUT2D eigenvalue weighted by Crippen LogP contribution is -2.30. The highest BCUT2D eigenvalue weighted by Crippen LogP contribution is 2.29. The molecule has 0 aliphatic heterocycles. The monoisotopic (exact) mass is 411 g/mol. The third-order valence-electron chi connectivity index (χ3n) is 3.24. The Balaban J connectivity index is 2.45. The van der Waals surface area contributed by atoms with Gasteiger partial charge in [0.25, 0.3) is 5.91 Å². The quantitative estimate of drug-likeness (QED) is 0.780. The average Bonchev–Trinajstić information content (AvgIpc) is 2.53. The first-order valence-corrected chi connectivity index (χ1v) is 9.71. The highest BCUT2D eigenvalue weighted by molar-refractivity contribution is 7.89. The Morgan fingerprint density at radius 1 is 1.15 bits per heavy atom. The van der Waals surface area contributed by atoms with Crippen molar-refractivity contribution >= 4 is 44.8 Å². The van der Waals surface area contributed by atoms with Crippen LogP contribution in [0.1, 0.15) is 29.8 Å². The lowest BCUT2D eigenvalue weighted by atomic mass is 10.1. The van der Waals surface area contributed by atoms with Crippen molar-refractivity contribution in [1.82, 2.24) is 4.72 Å². The van der Waals surface area contributed by atoms with Crippen molar-refractivity contribution in [2.24, 2.45) is 0 Å². The number of hydrogen-bond donors (Lipinski definition) is 2. The summed E-state index contributed by atoms with van der Waals surface area (Å²) in [6.07, 6.45) is 0. The summed E-state index contributed by atoms with van der Waals surface area (Å²) in [6.45, 7) is 3.32. The zero-order valence-corrected chi connectivity index (χ0v) is 16.2. The summed E-state index contributed by atoms with van der Waals surface area (Å²) in [6, 6.07) is 10.3. The van der Waals surface area contributed by atoms with E-state index in [1.807, 2.05) is 6.07 Å². The summed E-state index contributed by atoms with van der Waals surface area (Å²) >= 11 is 12.1. The molecule has 0 fully saturated rings. The number of rotatable bonds is 5. The lowest BCUT2D eigenvalue weighted by molar-refractivity contribution is 0.102. The van der Waals surface area contributed by atoms with Gasteiger partial charge in [0.2, 0.25) is 10.0 Å². The second-order valence-corrected chi connectivity index (χ2v) is 8.15. The normalized spacial score (nSPS) is 11.2. The fraction of sp³-hybridized carbons (Fsp3) is 0.176. The number of nitrogens with one attached hydrogen (secondary N) is 2. The Hall–Kier alpha value is -2.11. The lowest BCUT2D eigenvalue weighted by Gasteiger charge is -2.14. The smallest absolute Gasteiger partial charge is 0.257 e. The largest absolute Gasteiger partial charge is 0.321 e. The number of carbonyl (C=O) groups is 1. The Bertz CT molecular complexity index is 999. The van der Waals surface area contributed by atoms with Crippen molar-refractivity contribution in [3.05, 3.63) is 57.6 Å². The number of halogens is 2. The Kier molecular flexibility index (Phi) is 6.26. The zero-order valence-electron chi connectivity index (χ0n) is 13.9. The summed E-state index contributed by atoms with van der Waals surface area (Å²) in [7, 11) is -3.92. The minimum atomic E-state index is -3.92. The van der Waals surface area contributed by atoms with E-state index < -0.39 is 15.9 Å². The fourth-order valence-corrected chi connectivity index (χ4v) is 4.27. The van der Waals surface area contributed by atoms with Crippen molar-refractivity contribution in [1.29, 1.82) is 5.26 Å².